The quantitative estimate of drug-likeness (QED) is 0.695. The minimum absolute atomic E-state index is 0.116. The first-order valence-corrected chi connectivity index (χ1v) is 3.75. The number of carbonyl (C=O) groups is 1. The smallest absolute Gasteiger partial charge is 0.407 e. The lowest BCUT2D eigenvalue weighted by atomic mass is 10.2. The molecule has 0 saturated carbocycles. The molecular weight excluding hydrogens is 161 g/mol. The Labute approximate surface area is 72.3 Å². The normalized spacial score (nSPS) is 13.8. The van der Waals surface area contributed by atoms with E-state index in [1.54, 1.807) is 20.8 Å². The molecule has 0 aliphatic carbocycles. The largest absolute Gasteiger partial charge is 0.444 e. The van der Waals surface area contributed by atoms with E-state index >= 15 is 0 Å². The zero-order valence-corrected chi connectivity index (χ0v) is 7.69. The number of amides is 1. The third kappa shape index (κ3) is 7.31. The van der Waals surface area contributed by atoms with Crippen LogP contribution in [0.4, 0.5) is 9.18 Å². The van der Waals surface area contributed by atoms with Gasteiger partial charge in [0.1, 0.15) is 11.8 Å². The van der Waals surface area contributed by atoms with Gasteiger partial charge in [0.15, 0.2) is 0 Å². The van der Waals surface area contributed by atoms with Crippen LogP contribution in [0.5, 0.6) is 0 Å². The van der Waals surface area contributed by atoms with Gasteiger partial charge >= 0.3 is 6.09 Å². The molecule has 0 spiro atoms. The number of alkyl halides is 1. The van der Waals surface area contributed by atoms with Gasteiger partial charge in [0, 0.05) is 0 Å². The summed E-state index contributed by atoms with van der Waals surface area (Å²) in [4.78, 5) is 10.8. The first-order chi connectivity index (χ1) is 5.31. The summed E-state index contributed by atoms with van der Waals surface area (Å²) in [5.41, 5.74) is -0.545. The molecule has 0 aromatic rings. The number of carbonyl (C=O) groups excluding carboxylic acids is 1. The lowest BCUT2D eigenvalue weighted by Gasteiger charge is -2.19. The van der Waals surface area contributed by atoms with Crippen LogP contribution in [-0.4, -0.2) is 24.4 Å². The molecule has 1 radical (unpaired) electrons. The average molecular weight is 176 g/mol. The van der Waals surface area contributed by atoms with E-state index in [2.05, 4.69) is 12.2 Å². The van der Waals surface area contributed by atoms with Crippen molar-refractivity contribution in [2.45, 2.75) is 32.5 Å². The second-order valence-corrected chi connectivity index (χ2v) is 3.48. The van der Waals surface area contributed by atoms with Gasteiger partial charge in [0.2, 0.25) is 0 Å². The van der Waals surface area contributed by atoms with Crippen LogP contribution in [0, 0.1) is 6.92 Å². The van der Waals surface area contributed by atoms with Crippen LogP contribution in [0.15, 0.2) is 0 Å². The van der Waals surface area contributed by atoms with Gasteiger partial charge < -0.3 is 10.1 Å². The standard InChI is InChI=1S/C8H15FNO2/c1-6(9)5-10-7(11)12-8(2,3)4/h6H,1,5H2,2-4H3,(H,10,11). The van der Waals surface area contributed by atoms with Crippen molar-refractivity contribution in [2.24, 2.45) is 0 Å². The van der Waals surface area contributed by atoms with Gasteiger partial charge in [0.05, 0.1) is 6.54 Å². The van der Waals surface area contributed by atoms with Crippen molar-refractivity contribution in [3.05, 3.63) is 6.92 Å². The molecule has 1 amide bonds. The van der Waals surface area contributed by atoms with Crippen molar-refractivity contribution in [3.63, 3.8) is 0 Å². The number of halogens is 1. The highest BCUT2D eigenvalue weighted by Crippen LogP contribution is 2.06. The molecule has 0 aliphatic rings. The zero-order chi connectivity index (χ0) is 9.78. The highest BCUT2D eigenvalue weighted by Gasteiger charge is 2.15. The Bertz CT molecular complexity index is 152. The second kappa shape index (κ2) is 4.28. The molecule has 0 bridgehead atoms. The van der Waals surface area contributed by atoms with Crippen molar-refractivity contribution < 1.29 is 13.9 Å². The number of ether oxygens (including phenoxy) is 1. The molecule has 12 heavy (non-hydrogen) atoms. The van der Waals surface area contributed by atoms with Gasteiger partial charge in [-0.1, -0.05) is 0 Å². The van der Waals surface area contributed by atoms with Crippen molar-refractivity contribution in [1.29, 1.82) is 0 Å². The number of alkyl carbamates (subject to hydrolysis) is 1. The van der Waals surface area contributed by atoms with Crippen LogP contribution in [0.1, 0.15) is 20.8 Å². The lowest BCUT2D eigenvalue weighted by molar-refractivity contribution is 0.0518. The van der Waals surface area contributed by atoms with E-state index in [0.717, 1.165) is 0 Å². The Balaban J connectivity index is 3.61. The Hall–Kier alpha value is -0.800. The Morgan fingerprint density at radius 3 is 2.50 bits per heavy atom. The molecule has 0 aliphatic heterocycles. The maximum Gasteiger partial charge on any atom is 0.407 e. The van der Waals surface area contributed by atoms with E-state index in [9.17, 15) is 9.18 Å². The first kappa shape index (κ1) is 11.2. The van der Waals surface area contributed by atoms with Gasteiger partial charge in [-0.2, -0.15) is 0 Å². The number of hydrogen-bond donors (Lipinski definition) is 1. The third-order valence-corrected chi connectivity index (χ3v) is 0.867. The highest BCUT2D eigenvalue weighted by atomic mass is 19.1. The van der Waals surface area contributed by atoms with E-state index in [4.69, 9.17) is 4.74 Å². The van der Waals surface area contributed by atoms with Crippen LogP contribution in [0.3, 0.4) is 0 Å². The van der Waals surface area contributed by atoms with E-state index in [0.29, 0.717) is 0 Å². The summed E-state index contributed by atoms with van der Waals surface area (Å²) in [6.07, 6.45) is -1.91. The Kier molecular flexibility index (Phi) is 4.00. The predicted octanol–water partition coefficient (Wildman–Crippen LogP) is 1.68. The molecule has 0 rings (SSSR count). The molecular formula is C8H15FNO2. The maximum atomic E-state index is 12.1. The summed E-state index contributed by atoms with van der Waals surface area (Å²) in [6.45, 7) is 8.17. The van der Waals surface area contributed by atoms with Crippen LogP contribution in [0.25, 0.3) is 0 Å². The van der Waals surface area contributed by atoms with E-state index < -0.39 is 17.9 Å². The van der Waals surface area contributed by atoms with E-state index in [1.807, 2.05) is 0 Å². The summed E-state index contributed by atoms with van der Waals surface area (Å²) < 4.78 is 17.0. The van der Waals surface area contributed by atoms with E-state index in [-0.39, 0.29) is 6.54 Å². The summed E-state index contributed by atoms with van der Waals surface area (Å²) in [5.74, 6) is 0. The number of nitrogens with one attached hydrogen (secondary N) is 1. The summed E-state index contributed by atoms with van der Waals surface area (Å²) in [5, 5.41) is 2.24. The van der Waals surface area contributed by atoms with Gasteiger partial charge in [-0.15, -0.1) is 0 Å². The SMILES string of the molecule is [CH2]C(F)CNC(=O)OC(C)(C)C. The fourth-order valence-corrected chi connectivity index (χ4v) is 0.508. The number of hydrogen-bond acceptors (Lipinski definition) is 2. The lowest BCUT2D eigenvalue weighted by Crippen LogP contribution is -2.35. The van der Waals surface area contributed by atoms with Crippen LogP contribution in [0.2, 0.25) is 0 Å². The first-order valence-electron chi connectivity index (χ1n) is 3.75. The van der Waals surface area contributed by atoms with Crippen LogP contribution < -0.4 is 5.32 Å². The number of rotatable bonds is 2. The maximum absolute atomic E-state index is 12.1. The second-order valence-electron chi connectivity index (χ2n) is 3.48. The molecule has 71 valence electrons. The van der Waals surface area contributed by atoms with Gasteiger partial charge in [0.25, 0.3) is 0 Å². The van der Waals surface area contributed by atoms with Gasteiger partial charge in [-0.3, -0.25) is 0 Å². The fourth-order valence-electron chi connectivity index (χ4n) is 0.508. The summed E-state index contributed by atoms with van der Waals surface area (Å²) in [7, 11) is 0. The molecule has 0 aromatic heterocycles. The van der Waals surface area contributed by atoms with E-state index in [1.165, 1.54) is 0 Å². The monoisotopic (exact) mass is 176 g/mol. The van der Waals surface area contributed by atoms with Crippen molar-refractivity contribution in [1.82, 2.24) is 5.32 Å². The molecule has 0 heterocycles. The molecule has 0 aromatic carbocycles. The molecule has 1 atom stereocenters. The topological polar surface area (TPSA) is 38.3 Å². The highest BCUT2D eigenvalue weighted by molar-refractivity contribution is 5.67. The molecule has 0 saturated heterocycles. The van der Waals surface area contributed by atoms with Crippen LogP contribution >= 0.6 is 0 Å². The summed E-state index contributed by atoms with van der Waals surface area (Å²) >= 11 is 0. The van der Waals surface area contributed by atoms with Crippen molar-refractivity contribution >= 4 is 6.09 Å². The molecule has 3 nitrogen and oxygen atoms in total. The van der Waals surface area contributed by atoms with Gasteiger partial charge in [-0.25, -0.2) is 9.18 Å². The van der Waals surface area contributed by atoms with Crippen molar-refractivity contribution in [2.75, 3.05) is 6.54 Å². The summed E-state index contributed by atoms with van der Waals surface area (Å²) in [6, 6.07) is 0. The minimum Gasteiger partial charge on any atom is -0.444 e. The molecule has 1 N–H and O–H groups in total. The fraction of sp³-hybridized carbons (Fsp3) is 0.750. The van der Waals surface area contributed by atoms with Crippen molar-refractivity contribution in [3.8, 4) is 0 Å². The molecule has 1 unspecified atom stereocenters. The zero-order valence-electron chi connectivity index (χ0n) is 7.69. The molecule has 0 fully saturated rings. The minimum atomic E-state index is -1.29. The van der Waals surface area contributed by atoms with Gasteiger partial charge in [-0.05, 0) is 27.7 Å². The average Bonchev–Trinajstić information content (AvgIpc) is 1.79. The van der Waals surface area contributed by atoms with Crippen LogP contribution in [-0.2, 0) is 4.74 Å². The Morgan fingerprint density at radius 2 is 2.17 bits per heavy atom. The Morgan fingerprint density at radius 1 is 1.67 bits per heavy atom. The third-order valence-electron chi connectivity index (χ3n) is 0.867. The molecule has 4 heteroatoms. The predicted molar refractivity (Wildman–Crippen MR) is 44.5 cm³/mol.